The van der Waals surface area contributed by atoms with Crippen LogP contribution >= 0.6 is 0 Å². The molecule has 1 aliphatic heterocycles. The number of aliphatic hydroxyl groups is 2. The summed E-state index contributed by atoms with van der Waals surface area (Å²) in [6.07, 6.45) is 8.33. The minimum absolute atomic E-state index is 0.0195. The molecule has 71 heavy (non-hydrogen) atoms. The standard InChI is InChI=1S/C60H72N2O9/c1-7-32-68-60-55(62(39-46-23-17-22-44-20-11-12-24-49(44)46)58(65)67-34-33-66-40-43-18-9-8-10-19-43)38-53(61-71-59(4,5)6)51-36-45(21-13-15-30-63)50(25-14-16-31-64)56(57(51)60)52-37-48(28-29-54(52)70-60)69-47-27-26-41(2)42(3)35-47/h7-12,17-20,22-24,26-29,35-37,45,50,55-57,63-64H,1,13-16,21,25,30-34,38-40H2,2-6H3. The zero-order chi connectivity index (χ0) is 50.0. The quantitative estimate of drug-likeness (QED) is 0.0396. The lowest BCUT2D eigenvalue weighted by Crippen LogP contribution is -2.70. The Kier molecular flexibility index (Phi) is 17.0. The van der Waals surface area contributed by atoms with E-state index in [1.807, 2.05) is 87.5 Å². The van der Waals surface area contributed by atoms with E-state index in [-0.39, 0.29) is 63.8 Å². The summed E-state index contributed by atoms with van der Waals surface area (Å²) in [5, 5.41) is 27.3. The molecule has 0 bridgehead atoms. The molecule has 2 aliphatic carbocycles. The van der Waals surface area contributed by atoms with Gasteiger partial charge in [-0.25, -0.2) is 4.79 Å². The number of aryl methyl sites for hydroxylation is 2. The lowest BCUT2D eigenvalue weighted by molar-refractivity contribution is -0.256. The van der Waals surface area contributed by atoms with Crippen molar-refractivity contribution in [2.45, 2.75) is 116 Å². The first-order valence-electron chi connectivity index (χ1n) is 25.5. The van der Waals surface area contributed by atoms with Crippen LogP contribution in [0.15, 0.2) is 139 Å². The second-order valence-corrected chi connectivity index (χ2v) is 20.2. The van der Waals surface area contributed by atoms with Gasteiger partial charge in [-0.15, -0.1) is 6.58 Å². The molecule has 1 fully saturated rings. The number of aliphatic hydroxyl groups excluding tert-OH is 2. The molecule has 5 aromatic carbocycles. The van der Waals surface area contributed by atoms with E-state index in [1.165, 1.54) is 5.56 Å². The van der Waals surface area contributed by atoms with E-state index < -0.39 is 29.4 Å². The van der Waals surface area contributed by atoms with Crippen LogP contribution in [0.3, 0.4) is 0 Å². The van der Waals surface area contributed by atoms with Gasteiger partial charge >= 0.3 is 6.09 Å². The van der Waals surface area contributed by atoms with Crippen LogP contribution in [-0.4, -0.2) is 77.4 Å². The highest BCUT2D eigenvalue weighted by Crippen LogP contribution is 2.62. The first-order chi connectivity index (χ1) is 34.4. The summed E-state index contributed by atoms with van der Waals surface area (Å²) in [7, 11) is 0. The number of hydrogen-bond donors (Lipinski definition) is 2. The first-order valence-corrected chi connectivity index (χ1v) is 25.5. The second-order valence-electron chi connectivity index (χ2n) is 20.2. The highest BCUT2D eigenvalue weighted by atomic mass is 16.7. The summed E-state index contributed by atoms with van der Waals surface area (Å²) < 4.78 is 33.8. The van der Waals surface area contributed by atoms with E-state index in [1.54, 1.807) is 11.0 Å². The molecule has 11 heteroatoms. The zero-order valence-electron chi connectivity index (χ0n) is 42.2. The highest BCUT2D eigenvalue weighted by molar-refractivity contribution is 6.03. The van der Waals surface area contributed by atoms with E-state index in [0.717, 1.165) is 70.0 Å². The normalized spacial score (nSPS) is 21.9. The van der Waals surface area contributed by atoms with Gasteiger partial charge in [0.25, 0.3) is 0 Å². The number of fused-ring (bicyclic) bond motifs is 3. The summed E-state index contributed by atoms with van der Waals surface area (Å²) in [6.45, 7) is 15.3. The van der Waals surface area contributed by atoms with E-state index in [2.05, 4.69) is 69.0 Å². The molecule has 1 heterocycles. The van der Waals surface area contributed by atoms with Crippen LogP contribution in [-0.2, 0) is 32.2 Å². The lowest BCUT2D eigenvalue weighted by Gasteiger charge is -2.60. The maximum atomic E-state index is 15.3. The van der Waals surface area contributed by atoms with Crippen LogP contribution in [0, 0.1) is 31.6 Å². The number of rotatable bonds is 22. The molecule has 2 N–H and O–H groups in total. The molecular weight excluding hydrogens is 893 g/mol. The van der Waals surface area contributed by atoms with Crippen molar-refractivity contribution in [3.05, 3.63) is 161 Å². The van der Waals surface area contributed by atoms with Crippen molar-refractivity contribution in [1.82, 2.24) is 4.90 Å². The lowest BCUT2D eigenvalue weighted by atomic mass is 9.55. The molecule has 0 spiro atoms. The first kappa shape index (κ1) is 51.4. The number of benzene rings is 5. The molecule has 0 saturated heterocycles. The Balaban J connectivity index is 1.31. The van der Waals surface area contributed by atoms with Crippen molar-refractivity contribution in [1.29, 1.82) is 0 Å². The zero-order valence-corrected chi connectivity index (χ0v) is 42.2. The van der Waals surface area contributed by atoms with Gasteiger partial charge in [-0.1, -0.05) is 109 Å². The SMILES string of the molecule is C=CCOC12Oc3ccc(Oc4ccc(C)c(C)c4)cc3C3C(CCCCO)C(CCCCO)C=C(C(=NOC(C)(C)C)CC1N(Cc1cccc4ccccc14)C(=O)OCCOCc1ccccc1)C32. The molecule has 1 saturated carbocycles. The van der Waals surface area contributed by atoms with E-state index in [4.69, 9.17) is 33.7 Å². The molecular formula is C60H72N2O9. The minimum atomic E-state index is -1.49. The Morgan fingerprint density at radius 3 is 2.35 bits per heavy atom. The molecule has 6 unspecified atom stereocenters. The number of unbranched alkanes of at least 4 members (excludes halogenated alkanes) is 2. The third-order valence-corrected chi connectivity index (χ3v) is 14.2. The highest BCUT2D eigenvalue weighted by Gasteiger charge is 2.66. The average molecular weight is 965 g/mol. The smallest absolute Gasteiger partial charge is 0.410 e. The Hall–Kier alpha value is -5.98. The van der Waals surface area contributed by atoms with Crippen molar-refractivity contribution in [3.63, 3.8) is 0 Å². The van der Waals surface area contributed by atoms with Gasteiger partial charge in [0.05, 0.1) is 38.0 Å². The summed E-state index contributed by atoms with van der Waals surface area (Å²) in [5.74, 6) is -0.115. The van der Waals surface area contributed by atoms with Gasteiger partial charge in [-0.05, 0) is 141 Å². The van der Waals surface area contributed by atoms with Gasteiger partial charge in [-0.3, -0.25) is 4.90 Å². The summed E-state index contributed by atoms with van der Waals surface area (Å²) in [5.41, 5.74) is 6.27. The van der Waals surface area contributed by atoms with Crippen LogP contribution in [0.2, 0.25) is 0 Å². The molecule has 6 atom stereocenters. The van der Waals surface area contributed by atoms with Crippen LogP contribution < -0.4 is 9.47 Å². The number of allylic oxidation sites excluding steroid dienone is 1. The number of carbonyl (C=O) groups is 1. The minimum Gasteiger partial charge on any atom is -0.459 e. The fraction of sp³-hybridized carbons (Fsp3) is 0.433. The van der Waals surface area contributed by atoms with E-state index in [9.17, 15) is 10.2 Å². The molecule has 5 aromatic rings. The van der Waals surface area contributed by atoms with E-state index in [0.29, 0.717) is 36.7 Å². The number of hydrogen-bond acceptors (Lipinski definition) is 10. The Morgan fingerprint density at radius 1 is 0.859 bits per heavy atom. The second kappa shape index (κ2) is 23.5. The van der Waals surface area contributed by atoms with Gasteiger partial charge in [0, 0.05) is 31.1 Å². The van der Waals surface area contributed by atoms with Crippen molar-refractivity contribution in [3.8, 4) is 17.2 Å². The molecule has 376 valence electrons. The number of oxime groups is 1. The molecule has 3 aliphatic rings. The average Bonchev–Trinajstić information content (AvgIpc) is 3.36. The van der Waals surface area contributed by atoms with Crippen molar-refractivity contribution >= 4 is 22.6 Å². The van der Waals surface area contributed by atoms with Crippen LogP contribution in [0.5, 0.6) is 17.2 Å². The van der Waals surface area contributed by atoms with Gasteiger partial charge < -0.3 is 38.7 Å². The van der Waals surface area contributed by atoms with E-state index >= 15 is 4.79 Å². The fourth-order valence-corrected chi connectivity index (χ4v) is 10.8. The Morgan fingerprint density at radius 2 is 1.59 bits per heavy atom. The molecule has 0 radical (unpaired) electrons. The van der Waals surface area contributed by atoms with Gasteiger partial charge in [0.2, 0.25) is 5.79 Å². The monoisotopic (exact) mass is 965 g/mol. The number of carbonyl (C=O) groups excluding carboxylic acids is 1. The maximum Gasteiger partial charge on any atom is 0.410 e. The predicted octanol–water partition coefficient (Wildman–Crippen LogP) is 12.5. The Labute approximate surface area is 420 Å². The van der Waals surface area contributed by atoms with Gasteiger partial charge in [0.15, 0.2) is 0 Å². The largest absolute Gasteiger partial charge is 0.459 e. The van der Waals surface area contributed by atoms with Crippen LogP contribution in [0.25, 0.3) is 10.8 Å². The van der Waals surface area contributed by atoms with Crippen molar-refractivity contribution in [2.24, 2.45) is 22.9 Å². The third-order valence-electron chi connectivity index (χ3n) is 14.2. The number of ether oxygens (including phenoxy) is 5. The van der Waals surface area contributed by atoms with Crippen molar-refractivity contribution < 1.29 is 43.5 Å². The molecule has 11 nitrogen and oxygen atoms in total. The van der Waals surface area contributed by atoms with Crippen LogP contribution in [0.1, 0.15) is 99.5 Å². The van der Waals surface area contributed by atoms with Crippen molar-refractivity contribution in [2.75, 3.05) is 33.0 Å². The van der Waals surface area contributed by atoms with Gasteiger partial charge in [0.1, 0.15) is 35.5 Å². The summed E-state index contributed by atoms with van der Waals surface area (Å²) in [6, 6.07) is 35.6. The topological polar surface area (TPSA) is 129 Å². The third kappa shape index (κ3) is 12.0. The Bertz CT molecular complexity index is 2650. The summed E-state index contributed by atoms with van der Waals surface area (Å²) >= 11 is 0. The maximum absolute atomic E-state index is 15.3. The number of nitrogens with zero attached hydrogens (tertiary/aromatic N) is 2. The summed E-state index contributed by atoms with van der Waals surface area (Å²) in [4.78, 5) is 23.4. The molecule has 1 amide bonds. The van der Waals surface area contributed by atoms with Gasteiger partial charge in [-0.2, -0.15) is 0 Å². The predicted molar refractivity (Wildman–Crippen MR) is 279 cm³/mol. The van der Waals surface area contributed by atoms with Crippen LogP contribution in [0.4, 0.5) is 4.79 Å². The fourth-order valence-electron chi connectivity index (χ4n) is 10.8. The molecule has 8 rings (SSSR count). The number of amides is 1. The molecule has 0 aromatic heterocycles.